The summed E-state index contributed by atoms with van der Waals surface area (Å²) in [6.07, 6.45) is 0. The van der Waals surface area contributed by atoms with Crippen molar-refractivity contribution in [3.8, 4) is 0 Å². The van der Waals surface area contributed by atoms with Crippen molar-refractivity contribution in [3.05, 3.63) is 0 Å². The zero-order chi connectivity index (χ0) is 4.50. The van der Waals surface area contributed by atoms with Crippen molar-refractivity contribution >= 4 is 0 Å². The van der Waals surface area contributed by atoms with Crippen LogP contribution in [0.15, 0.2) is 0 Å². The van der Waals surface area contributed by atoms with Gasteiger partial charge in [0.2, 0.25) is 0 Å². The summed E-state index contributed by atoms with van der Waals surface area (Å²) in [5.41, 5.74) is 0. The minimum absolute atomic E-state index is 0. The van der Waals surface area contributed by atoms with Crippen LogP contribution in [0.3, 0.4) is 0 Å². The van der Waals surface area contributed by atoms with E-state index in [-0.39, 0.29) is 42.3 Å². The number of hydrogen-bond acceptors (Lipinski definition) is 4. The minimum atomic E-state index is -4.69. The predicted molar refractivity (Wildman–Crippen MR) is 16.7 cm³/mol. The second-order valence-corrected chi connectivity index (χ2v) is 1.19. The van der Waals surface area contributed by atoms with E-state index in [0.29, 0.717) is 0 Å². The quantitative estimate of drug-likeness (QED) is 0.427. The summed E-state index contributed by atoms with van der Waals surface area (Å²) >= 11 is 0. The van der Waals surface area contributed by atoms with E-state index in [1.165, 1.54) is 0 Å². The second kappa shape index (κ2) is 16.3. The Kier molecular flexibility index (Phi) is 75.0. The molecular weight excluding hydrogens is 270 g/mol. The molecule has 0 aliphatic carbocycles. The van der Waals surface area contributed by atoms with Gasteiger partial charge in [-0.25, -0.2) is 0 Å². The van der Waals surface area contributed by atoms with Crippen LogP contribution in [0.1, 0.15) is 0 Å². The average Bonchev–Trinajstić information content (AvgIpc) is 0.722. The van der Waals surface area contributed by atoms with Crippen LogP contribution in [0.5, 0.6) is 0 Å². The van der Waals surface area contributed by atoms with Crippen molar-refractivity contribution in [1.29, 1.82) is 0 Å². The second-order valence-electron chi connectivity index (χ2n) is 0.396. The van der Waals surface area contributed by atoms with E-state index < -0.39 is 10.2 Å². The van der Waals surface area contributed by atoms with Gasteiger partial charge in [0.15, 0.2) is 0 Å². The maximum Gasteiger partial charge on any atom is 0.0777 e. The molecule has 9 N–H and O–H groups in total. The summed E-state index contributed by atoms with van der Waals surface area (Å²) in [6, 6.07) is 0. The predicted octanol–water partition coefficient (Wildman–Crippen LogP) is -7.43. The van der Waals surface area contributed by atoms with Gasteiger partial charge in [-0.2, -0.15) is 14.0 Å². The third kappa shape index (κ3) is 1260. The molecule has 0 unspecified atom stereocenters. The van der Waals surface area contributed by atoms with Crippen molar-refractivity contribution in [2.45, 2.75) is 0 Å². The first-order valence-electron chi connectivity index (χ1n) is 0.632. The van der Waals surface area contributed by atoms with E-state index in [9.17, 15) is 0 Å². The summed E-state index contributed by atoms with van der Waals surface area (Å²) in [6.45, 7) is 0. The molecule has 0 spiro atoms. The molecule has 0 fully saturated rings. The van der Waals surface area contributed by atoms with Crippen molar-refractivity contribution in [3.63, 3.8) is 0 Å². The van der Waals surface area contributed by atoms with Gasteiger partial charge in [0, 0.05) is 20.4 Å². The molecule has 0 saturated carbocycles. The van der Waals surface area contributed by atoms with Crippen LogP contribution in [0.2, 0.25) is 0 Å². The van der Waals surface area contributed by atoms with Crippen molar-refractivity contribution < 1.29 is 71.2 Å². The smallest absolute Gasteiger partial charge is 0.0777 e. The minimum Gasteiger partial charge on any atom is -0.412 e. The van der Waals surface area contributed by atoms with Crippen LogP contribution in [-0.4, -0.2) is 26.6 Å². The van der Waals surface area contributed by atoms with E-state index >= 15 is 0 Å². The Morgan fingerprint density at radius 3 is 0.800 bits per heavy atom. The largest absolute Gasteiger partial charge is 0.412 e. The normalized spacial score (nSPS) is 6.00. The standard InChI is InChI=1S/ClHO4.4H2O.Pd/c2-1(3,4)5;;;;;/h(H,2,3,4,5);4*1H2;. The first kappa shape index (κ1) is 46.0. The molecular formula is H9ClO8Pd. The van der Waals surface area contributed by atoms with E-state index in [2.05, 4.69) is 0 Å². The average molecular weight is 279 g/mol. The fraction of sp³-hybridized carbons (Fsp3) is 0. The van der Waals surface area contributed by atoms with Crippen LogP contribution >= 0.6 is 0 Å². The van der Waals surface area contributed by atoms with E-state index in [0.717, 1.165) is 0 Å². The fourth-order valence-corrected chi connectivity index (χ4v) is 0. The molecule has 0 atom stereocenters. The van der Waals surface area contributed by atoms with Gasteiger partial charge >= 0.3 is 0 Å². The van der Waals surface area contributed by atoms with Crippen LogP contribution in [-0.2, 0) is 20.4 Å². The van der Waals surface area contributed by atoms with Crippen molar-refractivity contribution in [2.24, 2.45) is 0 Å². The zero-order valence-electron chi connectivity index (χ0n) is 4.37. The van der Waals surface area contributed by atoms with Gasteiger partial charge in [-0.3, -0.25) is 0 Å². The molecule has 0 aromatic carbocycles. The zero-order valence-corrected chi connectivity index (χ0v) is 6.68. The maximum absolute atomic E-state index is 8.60. The Bertz CT molecular complexity index is 24.7. The summed E-state index contributed by atoms with van der Waals surface area (Å²) in [7, 11) is -4.69. The molecule has 0 aromatic heterocycles. The van der Waals surface area contributed by atoms with E-state index in [1.54, 1.807) is 0 Å². The molecule has 10 heavy (non-hydrogen) atoms. The number of halogens is 1. The Balaban J connectivity index is -0.00000000800. The van der Waals surface area contributed by atoms with Gasteiger partial charge in [0.05, 0.1) is 14.9 Å². The SMILES string of the molecule is O.O.O.O.[O-][Cl+3]([O-])([O-])O.[Pd]. The van der Waals surface area contributed by atoms with E-state index in [1.807, 2.05) is 0 Å². The molecule has 0 radical (unpaired) electrons. The van der Waals surface area contributed by atoms with Gasteiger partial charge < -0.3 is 21.9 Å². The molecule has 0 bridgehead atoms. The third-order valence-corrected chi connectivity index (χ3v) is 0. The Hall–Kier alpha value is 0.632. The topological polar surface area (TPSA) is 215 Å². The molecule has 8 nitrogen and oxygen atoms in total. The van der Waals surface area contributed by atoms with Gasteiger partial charge in [0.25, 0.3) is 0 Å². The number of hydrogen-bond donors (Lipinski definition) is 1. The third-order valence-electron chi connectivity index (χ3n) is 0. The van der Waals surface area contributed by atoms with Crippen LogP contribution in [0.25, 0.3) is 0 Å². The monoisotopic (exact) mass is 278 g/mol. The van der Waals surface area contributed by atoms with E-state index in [4.69, 9.17) is 18.6 Å². The van der Waals surface area contributed by atoms with Gasteiger partial charge in [-0.15, -0.1) is 0 Å². The Labute approximate surface area is 71.7 Å². The van der Waals surface area contributed by atoms with Crippen molar-refractivity contribution in [2.75, 3.05) is 0 Å². The van der Waals surface area contributed by atoms with Gasteiger partial charge in [-0.05, 0) is 0 Å². The maximum atomic E-state index is 8.60. The molecule has 0 saturated heterocycles. The van der Waals surface area contributed by atoms with Crippen LogP contribution < -0.4 is 14.0 Å². The molecule has 10 heteroatoms. The van der Waals surface area contributed by atoms with Crippen LogP contribution in [0.4, 0.5) is 0 Å². The first-order chi connectivity index (χ1) is 2.00. The molecule has 0 aliphatic heterocycles. The summed E-state index contributed by atoms with van der Waals surface area (Å²) in [5.74, 6) is 0. The molecule has 0 rings (SSSR count). The summed E-state index contributed by atoms with van der Waals surface area (Å²) < 4.78 is 32.7. The summed E-state index contributed by atoms with van der Waals surface area (Å²) in [4.78, 5) is 0. The van der Waals surface area contributed by atoms with Crippen molar-refractivity contribution in [1.82, 2.24) is 0 Å². The molecule has 0 aromatic rings. The molecule has 0 amide bonds. The summed E-state index contributed by atoms with van der Waals surface area (Å²) in [5, 5.41) is 0. The Morgan fingerprint density at radius 2 is 0.800 bits per heavy atom. The number of rotatable bonds is 0. The van der Waals surface area contributed by atoms with Gasteiger partial charge in [0.1, 0.15) is 0 Å². The fourth-order valence-electron chi connectivity index (χ4n) is 0. The Morgan fingerprint density at radius 1 is 0.800 bits per heavy atom. The molecule has 74 valence electrons. The van der Waals surface area contributed by atoms with Gasteiger partial charge in [-0.1, -0.05) is 0 Å². The molecule has 0 aliphatic rings. The first-order valence-corrected chi connectivity index (χ1v) is 1.90. The van der Waals surface area contributed by atoms with Crippen LogP contribution in [0, 0.1) is 10.2 Å². The molecule has 0 heterocycles.